The highest BCUT2D eigenvalue weighted by Gasteiger charge is 2.22. The normalized spacial score (nSPS) is 10.9. The average Bonchev–Trinajstić information content (AvgIpc) is 3.10. The number of rotatable bonds is 7. The molecule has 3 aromatic carbocycles. The molecule has 1 heterocycles. The summed E-state index contributed by atoms with van der Waals surface area (Å²) in [5.74, 6) is 0.658. The molecule has 0 aliphatic carbocycles. The van der Waals surface area contributed by atoms with E-state index in [-0.39, 0.29) is 6.10 Å². The Kier molecular flexibility index (Phi) is 6.61. The Hall–Kier alpha value is -3.51. The van der Waals surface area contributed by atoms with Crippen LogP contribution in [0.2, 0.25) is 0 Å². The van der Waals surface area contributed by atoms with Crippen LogP contribution in [0.1, 0.15) is 29.9 Å². The lowest BCUT2D eigenvalue weighted by Gasteiger charge is -2.12. The molecule has 0 atom stereocenters. The van der Waals surface area contributed by atoms with Crippen molar-refractivity contribution in [2.45, 2.75) is 36.7 Å². The van der Waals surface area contributed by atoms with Gasteiger partial charge in [-0.3, -0.25) is 0 Å². The molecule has 0 fully saturated rings. The predicted octanol–water partition coefficient (Wildman–Crippen LogP) is 6.34. The van der Waals surface area contributed by atoms with E-state index >= 15 is 0 Å². The van der Waals surface area contributed by atoms with E-state index in [9.17, 15) is 4.79 Å². The Morgan fingerprint density at radius 2 is 1.53 bits per heavy atom. The van der Waals surface area contributed by atoms with E-state index in [1.54, 1.807) is 28.9 Å². The molecule has 0 unspecified atom stereocenters. The Bertz CT molecular complexity index is 1190. The van der Waals surface area contributed by atoms with E-state index in [2.05, 4.69) is 5.10 Å². The second-order valence-corrected chi connectivity index (χ2v) is 8.55. The third kappa shape index (κ3) is 5.03. The summed E-state index contributed by atoms with van der Waals surface area (Å²) in [4.78, 5) is 14.9. The summed E-state index contributed by atoms with van der Waals surface area (Å²) >= 11 is 1.52. The third-order valence-electron chi connectivity index (χ3n) is 4.58. The van der Waals surface area contributed by atoms with Crippen molar-refractivity contribution in [2.75, 3.05) is 0 Å². The van der Waals surface area contributed by atoms with Gasteiger partial charge in [0, 0.05) is 4.90 Å². The summed E-state index contributed by atoms with van der Waals surface area (Å²) in [5.41, 5.74) is 2.04. The maximum Gasteiger partial charge on any atom is 0.344 e. The lowest BCUT2D eigenvalue weighted by atomic mass is 10.2. The highest BCUT2D eigenvalue weighted by atomic mass is 32.2. The summed E-state index contributed by atoms with van der Waals surface area (Å²) in [6.45, 7) is 5.84. The molecule has 0 saturated heterocycles. The fraction of sp³-hybridized carbons (Fsp3) is 0.154. The Labute approximate surface area is 192 Å². The lowest BCUT2D eigenvalue weighted by molar-refractivity contribution is 0.0718. The van der Waals surface area contributed by atoms with Crippen LogP contribution in [-0.2, 0) is 0 Å². The number of hydrogen-bond acceptors (Lipinski definition) is 5. The van der Waals surface area contributed by atoms with Gasteiger partial charge in [0.2, 0.25) is 5.88 Å². The zero-order valence-corrected chi connectivity index (χ0v) is 19.0. The van der Waals surface area contributed by atoms with Crippen LogP contribution in [-0.4, -0.2) is 21.9 Å². The summed E-state index contributed by atoms with van der Waals surface area (Å²) in [5, 5.41) is 4.67. The number of aryl methyl sites for hydroxylation is 1. The second kappa shape index (κ2) is 9.75. The van der Waals surface area contributed by atoms with E-state index < -0.39 is 5.97 Å². The topological polar surface area (TPSA) is 53.4 Å². The monoisotopic (exact) mass is 444 g/mol. The predicted molar refractivity (Wildman–Crippen MR) is 126 cm³/mol. The Balaban J connectivity index is 1.68. The van der Waals surface area contributed by atoms with E-state index in [0.717, 1.165) is 21.2 Å². The van der Waals surface area contributed by atoms with Crippen molar-refractivity contribution < 1.29 is 14.3 Å². The number of nitrogens with zero attached hydrogens (tertiary/aromatic N) is 2. The minimum atomic E-state index is -0.451. The zero-order chi connectivity index (χ0) is 22.5. The van der Waals surface area contributed by atoms with Gasteiger partial charge in [-0.05, 0) is 69.3 Å². The lowest BCUT2D eigenvalue weighted by Crippen LogP contribution is -2.12. The molecule has 0 bridgehead atoms. The van der Waals surface area contributed by atoms with Crippen LogP contribution < -0.4 is 9.47 Å². The smallest absolute Gasteiger partial charge is 0.344 e. The fourth-order valence-electron chi connectivity index (χ4n) is 3.14. The first kappa shape index (κ1) is 21.7. The summed E-state index contributed by atoms with van der Waals surface area (Å²) in [7, 11) is 0. The maximum absolute atomic E-state index is 13.0. The molecular weight excluding hydrogens is 420 g/mol. The third-order valence-corrected chi connectivity index (χ3v) is 5.76. The first-order valence-corrected chi connectivity index (χ1v) is 11.2. The van der Waals surface area contributed by atoms with Crippen molar-refractivity contribution in [1.29, 1.82) is 0 Å². The fourth-order valence-corrected chi connectivity index (χ4v) is 4.07. The van der Waals surface area contributed by atoms with E-state index in [1.807, 2.05) is 81.4 Å². The zero-order valence-electron chi connectivity index (χ0n) is 18.2. The van der Waals surface area contributed by atoms with Crippen molar-refractivity contribution in [3.8, 4) is 17.3 Å². The minimum Gasteiger partial charge on any atom is -0.491 e. The quantitative estimate of drug-likeness (QED) is 0.311. The van der Waals surface area contributed by atoms with Gasteiger partial charge in [-0.25, -0.2) is 4.79 Å². The van der Waals surface area contributed by atoms with Gasteiger partial charge in [0.25, 0.3) is 0 Å². The Morgan fingerprint density at radius 1 is 0.906 bits per heavy atom. The largest absolute Gasteiger partial charge is 0.491 e. The molecule has 0 aliphatic heterocycles. The van der Waals surface area contributed by atoms with Crippen LogP contribution >= 0.6 is 11.8 Å². The first-order valence-electron chi connectivity index (χ1n) is 10.4. The minimum absolute atomic E-state index is 0.0635. The van der Waals surface area contributed by atoms with Gasteiger partial charge in [0.1, 0.15) is 5.75 Å². The molecule has 0 spiro atoms. The van der Waals surface area contributed by atoms with Gasteiger partial charge < -0.3 is 9.47 Å². The molecule has 4 rings (SSSR count). The van der Waals surface area contributed by atoms with Crippen LogP contribution in [0, 0.1) is 6.92 Å². The number of carbonyl (C=O) groups is 1. The number of ether oxygens (including phenoxy) is 2. The molecule has 0 N–H and O–H groups in total. The highest BCUT2D eigenvalue weighted by Crippen LogP contribution is 2.39. The van der Waals surface area contributed by atoms with Crippen molar-refractivity contribution in [3.63, 3.8) is 0 Å². The summed E-state index contributed by atoms with van der Waals surface area (Å²) in [6.07, 6.45) is 0.0635. The number of carbonyl (C=O) groups excluding carboxylic acids is 1. The molecule has 162 valence electrons. The molecule has 0 amide bonds. The molecule has 5 nitrogen and oxygen atoms in total. The molecule has 0 radical (unpaired) electrons. The molecule has 1 aromatic heterocycles. The number of esters is 1. The average molecular weight is 445 g/mol. The van der Waals surface area contributed by atoms with Crippen molar-refractivity contribution in [1.82, 2.24) is 9.78 Å². The first-order chi connectivity index (χ1) is 15.5. The summed E-state index contributed by atoms with van der Waals surface area (Å²) in [6, 6.07) is 26.6. The van der Waals surface area contributed by atoms with Gasteiger partial charge in [0.15, 0.2) is 0 Å². The van der Waals surface area contributed by atoms with E-state index in [0.29, 0.717) is 17.2 Å². The number of para-hydroxylation sites is 1. The standard InChI is InChI=1S/C26H24N2O3S/c1-18(2)30-22-16-14-20(15-17-22)26(29)31-25-24(32-23-12-8-5-9-13-23)19(3)27-28(25)21-10-6-4-7-11-21/h4-18H,1-3H3. The van der Waals surface area contributed by atoms with E-state index in [4.69, 9.17) is 9.47 Å². The number of hydrogen-bond donors (Lipinski definition) is 0. The summed E-state index contributed by atoms with van der Waals surface area (Å²) < 4.78 is 13.3. The van der Waals surface area contributed by atoms with Gasteiger partial charge in [-0.2, -0.15) is 9.78 Å². The SMILES string of the molecule is Cc1nn(-c2ccccc2)c(OC(=O)c2ccc(OC(C)C)cc2)c1Sc1ccccc1. The molecule has 32 heavy (non-hydrogen) atoms. The second-order valence-electron chi connectivity index (χ2n) is 7.46. The van der Waals surface area contributed by atoms with Crippen molar-refractivity contribution in [2.24, 2.45) is 0 Å². The molecular formula is C26H24N2O3S. The van der Waals surface area contributed by atoms with Gasteiger partial charge in [-0.1, -0.05) is 48.2 Å². The Morgan fingerprint density at radius 3 is 2.16 bits per heavy atom. The molecule has 4 aromatic rings. The van der Waals surface area contributed by atoms with Crippen LogP contribution in [0.25, 0.3) is 5.69 Å². The number of aromatic nitrogens is 2. The molecule has 0 aliphatic rings. The van der Waals surface area contributed by atoms with Crippen LogP contribution in [0.3, 0.4) is 0 Å². The van der Waals surface area contributed by atoms with Crippen LogP contribution in [0.5, 0.6) is 11.6 Å². The molecule has 0 saturated carbocycles. The van der Waals surface area contributed by atoms with E-state index in [1.165, 1.54) is 11.8 Å². The number of benzene rings is 3. The molecule has 6 heteroatoms. The van der Waals surface area contributed by atoms with Gasteiger partial charge in [0.05, 0.1) is 27.9 Å². The maximum atomic E-state index is 13.0. The van der Waals surface area contributed by atoms with Crippen molar-refractivity contribution in [3.05, 3.63) is 96.2 Å². The van der Waals surface area contributed by atoms with Gasteiger partial charge >= 0.3 is 5.97 Å². The van der Waals surface area contributed by atoms with Crippen molar-refractivity contribution >= 4 is 17.7 Å². The van der Waals surface area contributed by atoms with Crippen LogP contribution in [0.15, 0.2) is 94.7 Å². The van der Waals surface area contributed by atoms with Crippen LogP contribution in [0.4, 0.5) is 0 Å². The van der Waals surface area contributed by atoms with Gasteiger partial charge in [-0.15, -0.1) is 0 Å². The highest BCUT2D eigenvalue weighted by molar-refractivity contribution is 7.99.